The van der Waals surface area contributed by atoms with Crippen molar-refractivity contribution in [3.05, 3.63) is 98.3 Å². The average Bonchev–Trinajstić information content (AvgIpc) is 3.30. The zero-order valence-corrected chi connectivity index (χ0v) is 13.8. The Kier molecular flexibility index (Phi) is 3.55. The highest BCUT2D eigenvalue weighted by atomic mass is 15.1. The van der Waals surface area contributed by atoms with Crippen LogP contribution >= 0.6 is 0 Å². The zero-order valence-electron chi connectivity index (χ0n) is 13.8. The third-order valence-electron chi connectivity index (χ3n) is 4.76. The molecule has 25 heavy (non-hydrogen) atoms. The van der Waals surface area contributed by atoms with Crippen molar-refractivity contribution >= 4 is 21.8 Å². The highest BCUT2D eigenvalue weighted by Crippen LogP contribution is 2.33. The first-order valence-corrected chi connectivity index (χ1v) is 8.54. The summed E-state index contributed by atoms with van der Waals surface area (Å²) in [5.41, 5.74) is 3.39. The van der Waals surface area contributed by atoms with Crippen LogP contribution in [-0.2, 0) is 6.54 Å². The van der Waals surface area contributed by atoms with Crippen LogP contribution in [0.2, 0.25) is 0 Å². The SMILES string of the molecule is [CH]1[CH][CH][C](Cn2c(-c3cccc4ccccc34)nc3ccccc32)[CH]1. The lowest BCUT2D eigenvalue weighted by Gasteiger charge is -2.14. The molecule has 1 aliphatic rings. The van der Waals surface area contributed by atoms with Crippen molar-refractivity contribution < 1.29 is 0 Å². The van der Waals surface area contributed by atoms with Gasteiger partial charge in [0, 0.05) is 18.0 Å². The monoisotopic (exact) mass is 321 g/mol. The molecule has 0 spiro atoms. The van der Waals surface area contributed by atoms with Crippen molar-refractivity contribution in [2.45, 2.75) is 6.54 Å². The highest BCUT2D eigenvalue weighted by Gasteiger charge is 2.21. The molecule has 0 N–H and O–H groups in total. The van der Waals surface area contributed by atoms with E-state index in [1.807, 2.05) is 0 Å². The van der Waals surface area contributed by atoms with E-state index in [2.05, 4.69) is 97.0 Å². The lowest BCUT2D eigenvalue weighted by atomic mass is 10.0. The maximum atomic E-state index is 4.98. The molecule has 0 atom stereocenters. The maximum absolute atomic E-state index is 4.98. The van der Waals surface area contributed by atoms with Crippen molar-refractivity contribution in [3.8, 4) is 11.4 Å². The van der Waals surface area contributed by atoms with Gasteiger partial charge in [-0.05, 0) is 48.6 Å². The van der Waals surface area contributed by atoms with E-state index in [0.717, 1.165) is 17.9 Å². The van der Waals surface area contributed by atoms with E-state index in [4.69, 9.17) is 4.98 Å². The standard InChI is InChI=1S/C23H17N2/c1-2-9-17(8-1)16-25-22-15-6-5-14-21(22)24-23(25)20-13-7-11-18-10-3-4-12-19(18)20/h1-15H,16H2. The summed E-state index contributed by atoms with van der Waals surface area (Å²) in [5, 5.41) is 2.48. The van der Waals surface area contributed by atoms with Gasteiger partial charge in [0.05, 0.1) is 11.0 Å². The van der Waals surface area contributed by atoms with E-state index in [-0.39, 0.29) is 0 Å². The first-order valence-electron chi connectivity index (χ1n) is 8.54. The third kappa shape index (κ3) is 2.53. The van der Waals surface area contributed by atoms with Gasteiger partial charge in [-0.1, -0.05) is 54.6 Å². The number of benzene rings is 3. The topological polar surface area (TPSA) is 17.8 Å². The molecule has 1 fully saturated rings. The van der Waals surface area contributed by atoms with Gasteiger partial charge in [-0.15, -0.1) is 0 Å². The van der Waals surface area contributed by atoms with Crippen LogP contribution in [0.25, 0.3) is 33.2 Å². The summed E-state index contributed by atoms with van der Waals surface area (Å²) in [7, 11) is 0. The molecule has 0 aliphatic heterocycles. The molecule has 4 aromatic rings. The van der Waals surface area contributed by atoms with Crippen molar-refractivity contribution in [2.75, 3.05) is 0 Å². The number of para-hydroxylation sites is 2. The number of imidazole rings is 1. The summed E-state index contributed by atoms with van der Waals surface area (Å²) in [6, 6.07) is 23.3. The zero-order chi connectivity index (χ0) is 16.6. The first-order chi connectivity index (χ1) is 12.4. The van der Waals surface area contributed by atoms with Crippen LogP contribution in [0.15, 0.2) is 66.7 Å². The maximum Gasteiger partial charge on any atom is 0.141 e. The minimum Gasteiger partial charge on any atom is -0.323 e. The Morgan fingerprint density at radius 3 is 2.44 bits per heavy atom. The molecule has 2 nitrogen and oxygen atoms in total. The van der Waals surface area contributed by atoms with Gasteiger partial charge in [-0.3, -0.25) is 0 Å². The van der Waals surface area contributed by atoms with Gasteiger partial charge in [-0.2, -0.15) is 0 Å². The fourth-order valence-corrected chi connectivity index (χ4v) is 3.56. The van der Waals surface area contributed by atoms with Crippen LogP contribution in [0.4, 0.5) is 0 Å². The second-order valence-electron chi connectivity index (χ2n) is 6.33. The lowest BCUT2D eigenvalue weighted by molar-refractivity contribution is 0.774. The predicted octanol–water partition coefficient (Wildman–Crippen LogP) is 5.26. The fraction of sp³-hybridized carbons (Fsp3) is 0.0435. The number of aromatic nitrogens is 2. The Bertz CT molecular complexity index is 1030. The number of rotatable bonds is 3. The largest absolute Gasteiger partial charge is 0.323 e. The Morgan fingerprint density at radius 2 is 1.52 bits per heavy atom. The van der Waals surface area contributed by atoms with Gasteiger partial charge in [0.2, 0.25) is 0 Å². The van der Waals surface area contributed by atoms with Gasteiger partial charge in [0.15, 0.2) is 0 Å². The van der Waals surface area contributed by atoms with Crippen molar-refractivity contribution in [1.29, 1.82) is 0 Å². The van der Waals surface area contributed by atoms with E-state index in [9.17, 15) is 0 Å². The lowest BCUT2D eigenvalue weighted by Crippen LogP contribution is -2.08. The van der Waals surface area contributed by atoms with Crippen molar-refractivity contribution in [3.63, 3.8) is 0 Å². The third-order valence-corrected chi connectivity index (χ3v) is 4.76. The minimum absolute atomic E-state index is 0.825. The van der Waals surface area contributed by atoms with Crippen LogP contribution < -0.4 is 0 Å². The van der Waals surface area contributed by atoms with Gasteiger partial charge in [0.1, 0.15) is 5.82 Å². The molecule has 2 heteroatoms. The van der Waals surface area contributed by atoms with E-state index in [1.54, 1.807) is 0 Å². The second kappa shape index (κ2) is 6.03. The van der Waals surface area contributed by atoms with E-state index >= 15 is 0 Å². The molecule has 0 unspecified atom stereocenters. The van der Waals surface area contributed by atoms with E-state index < -0.39 is 0 Å². The predicted molar refractivity (Wildman–Crippen MR) is 103 cm³/mol. The normalized spacial score (nSPS) is 15.4. The molecule has 0 amide bonds. The number of hydrogen-bond donors (Lipinski definition) is 0. The highest BCUT2D eigenvalue weighted by molar-refractivity contribution is 5.96. The van der Waals surface area contributed by atoms with Crippen LogP contribution in [-0.4, -0.2) is 9.55 Å². The second-order valence-corrected chi connectivity index (χ2v) is 6.33. The fourth-order valence-electron chi connectivity index (χ4n) is 3.56. The number of nitrogens with zero attached hydrogens (tertiary/aromatic N) is 2. The molecule has 1 aliphatic carbocycles. The molecule has 5 radical (unpaired) electrons. The van der Waals surface area contributed by atoms with Gasteiger partial charge in [0.25, 0.3) is 0 Å². The van der Waals surface area contributed by atoms with E-state index in [1.165, 1.54) is 27.8 Å². The summed E-state index contributed by atoms with van der Waals surface area (Å²) < 4.78 is 2.33. The molecule has 3 aromatic carbocycles. The molecule has 1 heterocycles. The van der Waals surface area contributed by atoms with E-state index in [0.29, 0.717) is 0 Å². The first kappa shape index (κ1) is 14.7. The van der Waals surface area contributed by atoms with Crippen molar-refractivity contribution in [1.82, 2.24) is 9.55 Å². The summed E-state index contributed by atoms with van der Waals surface area (Å²) in [6.45, 7) is 0.825. The molecule has 5 rings (SSSR count). The van der Waals surface area contributed by atoms with Gasteiger partial charge in [-0.25, -0.2) is 4.98 Å². The van der Waals surface area contributed by atoms with Crippen LogP contribution in [0.5, 0.6) is 0 Å². The number of fused-ring (bicyclic) bond motifs is 2. The average molecular weight is 321 g/mol. The number of hydrogen-bond acceptors (Lipinski definition) is 1. The minimum atomic E-state index is 0.825. The summed E-state index contributed by atoms with van der Waals surface area (Å²) in [4.78, 5) is 4.98. The summed E-state index contributed by atoms with van der Waals surface area (Å²) in [5.74, 6) is 2.32. The Hall–Kier alpha value is -2.61. The summed E-state index contributed by atoms with van der Waals surface area (Å²) >= 11 is 0. The molecule has 1 saturated carbocycles. The Labute approximate surface area is 148 Å². The molecule has 1 aromatic heterocycles. The molecule has 0 saturated heterocycles. The van der Waals surface area contributed by atoms with Crippen LogP contribution in [0, 0.1) is 31.6 Å². The Morgan fingerprint density at radius 1 is 0.760 bits per heavy atom. The molecule has 0 bridgehead atoms. The van der Waals surface area contributed by atoms with Gasteiger partial charge < -0.3 is 4.57 Å². The molecular formula is C23H17N2. The van der Waals surface area contributed by atoms with Crippen LogP contribution in [0.3, 0.4) is 0 Å². The van der Waals surface area contributed by atoms with Crippen LogP contribution in [0.1, 0.15) is 0 Å². The quantitative estimate of drug-likeness (QED) is 0.503. The summed E-state index contributed by atoms with van der Waals surface area (Å²) in [6.07, 6.45) is 8.52. The molecule has 119 valence electrons. The Balaban J connectivity index is 1.74. The van der Waals surface area contributed by atoms with Crippen molar-refractivity contribution in [2.24, 2.45) is 0 Å². The molecular weight excluding hydrogens is 304 g/mol. The van der Waals surface area contributed by atoms with Gasteiger partial charge >= 0.3 is 0 Å². The smallest absolute Gasteiger partial charge is 0.141 e.